The fourth-order valence-electron chi connectivity index (χ4n) is 1.52. The monoisotopic (exact) mass is 236 g/mol. The third kappa shape index (κ3) is 1.46. The molecule has 5 N–H and O–H groups in total. The summed E-state index contributed by atoms with van der Waals surface area (Å²) in [5, 5.41) is 46.8. The van der Waals surface area contributed by atoms with E-state index >= 15 is 0 Å². The molecule has 0 heterocycles. The van der Waals surface area contributed by atoms with Crippen LogP contribution in [0.3, 0.4) is 0 Å². The third-order valence-corrected chi connectivity index (χ3v) is 2.39. The summed E-state index contributed by atoms with van der Waals surface area (Å²) in [7, 11) is 0. The van der Waals surface area contributed by atoms with E-state index in [0.29, 0.717) is 0 Å². The van der Waals surface area contributed by atoms with Crippen LogP contribution < -0.4 is 5.43 Å². The molecule has 0 spiro atoms. The highest BCUT2D eigenvalue weighted by atomic mass is 16.3. The van der Waals surface area contributed by atoms with Crippen molar-refractivity contribution in [3.63, 3.8) is 0 Å². The zero-order valence-corrected chi connectivity index (χ0v) is 8.38. The molecule has 0 aliphatic rings. The van der Waals surface area contributed by atoms with Crippen LogP contribution in [-0.2, 0) is 0 Å². The molecule has 0 aliphatic carbocycles. The maximum absolute atomic E-state index is 11.2. The lowest BCUT2D eigenvalue weighted by Crippen LogP contribution is -1.92. The first-order valence-corrected chi connectivity index (χ1v) is 4.56. The standard InChI is InChI=1S/C11H8O6/c12-5-2-1-4-3-6(13)9(15)11(17)7(4)10(16)8(5)14/h1-3,13,15,17H,(H2,12,14,16). The van der Waals surface area contributed by atoms with Gasteiger partial charge >= 0.3 is 0 Å². The van der Waals surface area contributed by atoms with Gasteiger partial charge in [0.2, 0.25) is 16.9 Å². The fraction of sp³-hybridized carbons (Fsp3) is 0. The van der Waals surface area contributed by atoms with Gasteiger partial charge in [0.15, 0.2) is 17.2 Å². The highest BCUT2D eigenvalue weighted by molar-refractivity contribution is 5.97. The number of aromatic hydroxyl groups is 5. The van der Waals surface area contributed by atoms with Crippen molar-refractivity contribution in [3.8, 4) is 28.7 Å². The number of hydrogen-bond donors (Lipinski definition) is 5. The van der Waals surface area contributed by atoms with Crippen LogP contribution in [0, 0.1) is 0 Å². The van der Waals surface area contributed by atoms with Gasteiger partial charge in [0.1, 0.15) is 0 Å². The molecule has 0 fully saturated rings. The van der Waals surface area contributed by atoms with Crippen molar-refractivity contribution in [1.29, 1.82) is 0 Å². The quantitative estimate of drug-likeness (QED) is 0.430. The highest BCUT2D eigenvalue weighted by Crippen LogP contribution is 2.45. The molecule has 0 saturated heterocycles. The minimum Gasteiger partial charge on any atom is -0.504 e. The van der Waals surface area contributed by atoms with Crippen molar-refractivity contribution >= 4 is 10.8 Å². The van der Waals surface area contributed by atoms with Crippen molar-refractivity contribution in [2.45, 2.75) is 0 Å². The molecule has 2 rings (SSSR count). The average molecular weight is 236 g/mol. The third-order valence-electron chi connectivity index (χ3n) is 2.39. The topological polar surface area (TPSA) is 118 Å². The van der Waals surface area contributed by atoms with Crippen molar-refractivity contribution in [3.05, 3.63) is 28.4 Å². The first-order valence-electron chi connectivity index (χ1n) is 4.56. The predicted molar refractivity (Wildman–Crippen MR) is 58.5 cm³/mol. The van der Waals surface area contributed by atoms with Crippen molar-refractivity contribution in [2.24, 2.45) is 0 Å². The van der Waals surface area contributed by atoms with Crippen LogP contribution in [0.15, 0.2) is 23.0 Å². The zero-order valence-electron chi connectivity index (χ0n) is 8.38. The highest BCUT2D eigenvalue weighted by Gasteiger charge is 2.16. The molecular weight excluding hydrogens is 228 g/mol. The summed E-state index contributed by atoms with van der Waals surface area (Å²) in [5.41, 5.74) is -0.850. The molecule has 0 unspecified atom stereocenters. The number of benzene rings is 1. The molecule has 2 aromatic carbocycles. The summed E-state index contributed by atoms with van der Waals surface area (Å²) in [6.45, 7) is 0. The van der Waals surface area contributed by atoms with Crippen molar-refractivity contribution in [1.82, 2.24) is 0 Å². The number of rotatable bonds is 0. The first kappa shape index (κ1) is 10.9. The van der Waals surface area contributed by atoms with E-state index in [-0.39, 0.29) is 10.8 Å². The molecule has 0 saturated carbocycles. The van der Waals surface area contributed by atoms with Crippen molar-refractivity contribution in [2.75, 3.05) is 0 Å². The number of hydrogen-bond acceptors (Lipinski definition) is 6. The molecule has 0 amide bonds. The predicted octanol–water partition coefficient (Wildman–Crippen LogP) is 0.728. The van der Waals surface area contributed by atoms with Gasteiger partial charge in [0.25, 0.3) is 0 Å². The summed E-state index contributed by atoms with van der Waals surface area (Å²) >= 11 is 0. The summed E-state index contributed by atoms with van der Waals surface area (Å²) in [5.74, 6) is -4.06. The van der Waals surface area contributed by atoms with E-state index in [1.165, 1.54) is 6.07 Å². The van der Waals surface area contributed by atoms with Crippen LogP contribution >= 0.6 is 0 Å². The molecule has 0 bridgehead atoms. The number of phenols is 3. The Balaban J connectivity index is 3.15. The molecule has 0 radical (unpaired) electrons. The van der Waals surface area contributed by atoms with Crippen LogP contribution in [0.5, 0.6) is 28.7 Å². The Kier molecular flexibility index (Phi) is 2.20. The van der Waals surface area contributed by atoms with Gasteiger partial charge in [0.05, 0.1) is 5.39 Å². The number of phenolic OH excluding ortho intramolecular Hbond substituents is 3. The van der Waals surface area contributed by atoms with E-state index in [4.69, 9.17) is 0 Å². The van der Waals surface area contributed by atoms with Gasteiger partial charge in [0, 0.05) is 0 Å². The SMILES string of the molecule is O=c1ccc2cc(O)c(O)c(O)c2c(O)c1O. The van der Waals surface area contributed by atoms with Gasteiger partial charge in [-0.15, -0.1) is 0 Å². The molecule has 17 heavy (non-hydrogen) atoms. The molecular formula is C11H8O6. The van der Waals surface area contributed by atoms with Crippen LogP contribution in [0.1, 0.15) is 0 Å². The Morgan fingerprint density at radius 1 is 0.765 bits per heavy atom. The summed E-state index contributed by atoms with van der Waals surface area (Å²) < 4.78 is 0. The van der Waals surface area contributed by atoms with E-state index in [0.717, 1.165) is 12.1 Å². The molecule has 2 aromatic rings. The Morgan fingerprint density at radius 3 is 2.00 bits per heavy atom. The van der Waals surface area contributed by atoms with E-state index in [1.54, 1.807) is 0 Å². The summed E-state index contributed by atoms with van der Waals surface area (Å²) in [4.78, 5) is 11.2. The second-order valence-corrected chi connectivity index (χ2v) is 3.45. The molecule has 0 aliphatic heterocycles. The molecule has 88 valence electrons. The van der Waals surface area contributed by atoms with Crippen LogP contribution in [-0.4, -0.2) is 25.5 Å². The second-order valence-electron chi connectivity index (χ2n) is 3.45. The van der Waals surface area contributed by atoms with E-state index in [9.17, 15) is 30.3 Å². The second kappa shape index (κ2) is 3.44. The van der Waals surface area contributed by atoms with Gasteiger partial charge < -0.3 is 25.5 Å². The lowest BCUT2D eigenvalue weighted by molar-refractivity contribution is 0.368. The van der Waals surface area contributed by atoms with Crippen LogP contribution in [0.4, 0.5) is 0 Å². The summed E-state index contributed by atoms with van der Waals surface area (Å²) in [6.07, 6.45) is 0. The Bertz CT molecular complexity index is 677. The van der Waals surface area contributed by atoms with Crippen LogP contribution in [0.25, 0.3) is 10.8 Å². The minimum atomic E-state index is -0.944. The molecule has 0 atom stereocenters. The Hall–Kier alpha value is -2.63. The molecule has 0 aromatic heterocycles. The molecule has 6 nitrogen and oxygen atoms in total. The van der Waals surface area contributed by atoms with Gasteiger partial charge in [-0.2, -0.15) is 0 Å². The largest absolute Gasteiger partial charge is 0.504 e. The lowest BCUT2D eigenvalue weighted by atomic mass is 10.1. The van der Waals surface area contributed by atoms with Gasteiger partial charge in [-0.3, -0.25) is 4.79 Å². The van der Waals surface area contributed by atoms with Gasteiger partial charge in [-0.05, 0) is 23.6 Å². The van der Waals surface area contributed by atoms with E-state index in [2.05, 4.69) is 0 Å². The number of fused-ring (bicyclic) bond motifs is 1. The van der Waals surface area contributed by atoms with E-state index in [1.807, 2.05) is 0 Å². The zero-order chi connectivity index (χ0) is 12.7. The van der Waals surface area contributed by atoms with Crippen LogP contribution in [0.2, 0.25) is 0 Å². The maximum Gasteiger partial charge on any atom is 0.224 e. The smallest absolute Gasteiger partial charge is 0.224 e. The molecule has 6 heteroatoms. The lowest BCUT2D eigenvalue weighted by Gasteiger charge is -2.04. The maximum atomic E-state index is 11.2. The van der Waals surface area contributed by atoms with Crippen molar-refractivity contribution < 1.29 is 25.5 Å². The first-order chi connectivity index (χ1) is 7.93. The Labute approximate surface area is 94.3 Å². The summed E-state index contributed by atoms with van der Waals surface area (Å²) in [6, 6.07) is 3.20. The Morgan fingerprint density at radius 2 is 1.35 bits per heavy atom. The van der Waals surface area contributed by atoms with Gasteiger partial charge in [-0.1, -0.05) is 0 Å². The normalized spacial score (nSPS) is 10.6. The minimum absolute atomic E-state index is 0.0905. The van der Waals surface area contributed by atoms with E-state index < -0.39 is 34.2 Å². The van der Waals surface area contributed by atoms with Gasteiger partial charge in [-0.25, -0.2) is 0 Å². The fourth-order valence-corrected chi connectivity index (χ4v) is 1.52. The average Bonchev–Trinajstić information content (AvgIpc) is 2.39.